The van der Waals surface area contributed by atoms with Crippen LogP contribution in [0.2, 0.25) is 0 Å². The molecule has 0 aromatic carbocycles. The van der Waals surface area contributed by atoms with Gasteiger partial charge in [-0.05, 0) is 12.8 Å². The van der Waals surface area contributed by atoms with E-state index < -0.39 is 0 Å². The van der Waals surface area contributed by atoms with E-state index in [0.717, 1.165) is 0 Å². The summed E-state index contributed by atoms with van der Waals surface area (Å²) in [7, 11) is 0. The van der Waals surface area contributed by atoms with Gasteiger partial charge in [0.1, 0.15) is 0 Å². The van der Waals surface area contributed by atoms with Crippen molar-refractivity contribution in [2.45, 2.75) is 12.8 Å². The van der Waals surface area contributed by atoms with Crippen LogP contribution in [-0.2, 0) is 0 Å². The normalized spacial score (nSPS) is 17.8. The van der Waals surface area contributed by atoms with E-state index in [1.54, 1.807) is 0 Å². The fourth-order valence-corrected chi connectivity index (χ4v) is 0.250. The Morgan fingerprint density at radius 2 is 2.00 bits per heavy atom. The first-order valence-electron chi connectivity index (χ1n) is 1.89. The molecule has 1 saturated carbocycles. The minimum Gasteiger partial charge on any atom is -0.147 e. The summed E-state index contributed by atoms with van der Waals surface area (Å²) >= 11 is 0. The quantitative estimate of drug-likeness (QED) is 0.406. The van der Waals surface area contributed by atoms with E-state index in [2.05, 4.69) is 5.92 Å². The highest BCUT2D eigenvalue weighted by atomic mass is 35.5. The summed E-state index contributed by atoms with van der Waals surface area (Å²) in [5.74, 6) is 3.30. The van der Waals surface area contributed by atoms with Gasteiger partial charge in [0.05, 0.1) is 0 Å². The van der Waals surface area contributed by atoms with Gasteiger partial charge in [0, 0.05) is 5.92 Å². The van der Waals surface area contributed by atoms with Gasteiger partial charge in [-0.15, -0.1) is 24.8 Å². The third-order valence-electron chi connectivity index (χ3n) is 0.813. The van der Waals surface area contributed by atoms with Crippen LogP contribution in [0.5, 0.6) is 0 Å². The molecule has 1 aliphatic rings. The van der Waals surface area contributed by atoms with Crippen molar-refractivity contribution in [2.24, 2.45) is 5.92 Å². The van der Waals surface area contributed by atoms with Gasteiger partial charge in [-0.25, -0.2) is 0 Å². The molecule has 0 heterocycles. The molecule has 1 fully saturated rings. The Labute approximate surface area is 44.3 Å². The Balaban J connectivity index is 0.000000250. The molecule has 0 aromatic heterocycles. The molecule has 0 spiro atoms. The lowest BCUT2D eigenvalue weighted by Gasteiger charge is -1.57. The molecule has 34 valence electrons. The maximum Gasteiger partial charge on any atom is 0.0201 e. The number of hydrogen-bond acceptors (Lipinski definition) is 0. The second-order valence-electron chi connectivity index (χ2n) is 1.44. The molecule has 0 N–H and O–H groups in total. The summed E-state index contributed by atoms with van der Waals surface area (Å²) in [4.78, 5) is 0. The summed E-state index contributed by atoms with van der Waals surface area (Å²) in [6.07, 6.45) is 7.53. The van der Waals surface area contributed by atoms with E-state index in [0.29, 0.717) is 5.92 Å². The van der Waals surface area contributed by atoms with Crippen LogP contribution in [0.4, 0.5) is 0 Å². The van der Waals surface area contributed by atoms with Crippen LogP contribution in [0.25, 0.3) is 0 Å². The Kier molecular flexibility index (Phi) is 2.05. The van der Waals surface area contributed by atoms with E-state index in [4.69, 9.17) is 6.42 Å². The third-order valence-corrected chi connectivity index (χ3v) is 0.813. The zero-order valence-electron chi connectivity index (χ0n) is 3.48. The Morgan fingerprint density at radius 1 is 1.50 bits per heavy atom. The smallest absolute Gasteiger partial charge is 0.0201 e. The van der Waals surface area contributed by atoms with Gasteiger partial charge in [-0.3, -0.25) is 0 Å². The lowest BCUT2D eigenvalue weighted by Crippen LogP contribution is -1.52. The van der Waals surface area contributed by atoms with Gasteiger partial charge in [0.25, 0.3) is 0 Å². The van der Waals surface area contributed by atoms with Gasteiger partial charge in [0.15, 0.2) is 0 Å². The van der Waals surface area contributed by atoms with Crippen LogP contribution < -0.4 is 0 Å². The van der Waals surface area contributed by atoms with Crippen LogP contribution in [0.3, 0.4) is 0 Å². The van der Waals surface area contributed by atoms with Crippen molar-refractivity contribution in [2.75, 3.05) is 0 Å². The maximum atomic E-state index is 4.98. The Hall–Kier alpha value is -0.150. The number of rotatable bonds is 0. The zero-order chi connectivity index (χ0) is 3.70. The molecule has 1 aliphatic carbocycles. The molecule has 0 aromatic rings. The van der Waals surface area contributed by atoms with Crippen LogP contribution in [-0.4, -0.2) is 0 Å². The molecule has 0 nitrogen and oxygen atoms in total. The van der Waals surface area contributed by atoms with Crippen LogP contribution >= 0.6 is 12.4 Å². The molecule has 0 unspecified atom stereocenters. The van der Waals surface area contributed by atoms with Crippen molar-refractivity contribution in [1.82, 2.24) is 0 Å². The lowest BCUT2D eigenvalue weighted by molar-refractivity contribution is 1.18. The van der Waals surface area contributed by atoms with Crippen molar-refractivity contribution in [3.05, 3.63) is 0 Å². The number of terminal acetylenes is 1. The summed E-state index contributed by atoms with van der Waals surface area (Å²) in [5.41, 5.74) is 0. The second-order valence-corrected chi connectivity index (χ2v) is 1.44. The second kappa shape index (κ2) is 2.10. The first-order valence-corrected chi connectivity index (χ1v) is 1.89. The van der Waals surface area contributed by atoms with E-state index >= 15 is 0 Å². The standard InChI is InChI=1S/C5H6.ClH/c1-2-5-3-4-5;/h1,5H,3-4H2;1H. The van der Waals surface area contributed by atoms with Crippen molar-refractivity contribution >= 4 is 12.4 Å². The lowest BCUT2D eigenvalue weighted by atomic mass is 10.5. The summed E-state index contributed by atoms with van der Waals surface area (Å²) < 4.78 is 0. The maximum absolute atomic E-state index is 4.98. The highest BCUT2D eigenvalue weighted by Crippen LogP contribution is 2.26. The highest BCUT2D eigenvalue weighted by molar-refractivity contribution is 5.85. The Bertz CT molecular complexity index is 66.5. The largest absolute Gasteiger partial charge is 0.147 e. The van der Waals surface area contributed by atoms with Crippen molar-refractivity contribution in [1.29, 1.82) is 0 Å². The predicted molar refractivity (Wildman–Crippen MR) is 28.8 cm³/mol. The van der Waals surface area contributed by atoms with Crippen LogP contribution in [0.1, 0.15) is 12.8 Å². The molecule has 0 amide bonds. The van der Waals surface area contributed by atoms with Crippen LogP contribution in [0.15, 0.2) is 0 Å². The molecule has 0 atom stereocenters. The molecule has 0 saturated heterocycles. The topological polar surface area (TPSA) is 0 Å². The van der Waals surface area contributed by atoms with E-state index in [1.807, 2.05) is 0 Å². The fraction of sp³-hybridized carbons (Fsp3) is 0.600. The van der Waals surface area contributed by atoms with Crippen molar-refractivity contribution in [3.63, 3.8) is 0 Å². The minimum absolute atomic E-state index is 0. The first-order chi connectivity index (χ1) is 2.43. The fourth-order valence-electron chi connectivity index (χ4n) is 0.250. The average Bonchev–Trinajstić information content (AvgIpc) is 2.12. The van der Waals surface area contributed by atoms with Crippen molar-refractivity contribution < 1.29 is 0 Å². The van der Waals surface area contributed by atoms with E-state index in [1.165, 1.54) is 12.8 Å². The summed E-state index contributed by atoms with van der Waals surface area (Å²) in [6, 6.07) is 0. The molecular formula is C5H7Cl. The van der Waals surface area contributed by atoms with Gasteiger partial charge in [-0.2, -0.15) is 0 Å². The zero-order valence-corrected chi connectivity index (χ0v) is 4.29. The monoisotopic (exact) mass is 102 g/mol. The first kappa shape index (κ1) is 5.85. The minimum atomic E-state index is 0. The van der Waals surface area contributed by atoms with Gasteiger partial charge < -0.3 is 0 Å². The number of halogens is 1. The number of hydrogen-bond donors (Lipinski definition) is 0. The van der Waals surface area contributed by atoms with Crippen LogP contribution in [0, 0.1) is 18.3 Å². The van der Waals surface area contributed by atoms with Gasteiger partial charge in [0.2, 0.25) is 0 Å². The molecule has 6 heavy (non-hydrogen) atoms. The van der Waals surface area contributed by atoms with E-state index in [-0.39, 0.29) is 12.4 Å². The Morgan fingerprint density at radius 3 is 2.00 bits per heavy atom. The van der Waals surface area contributed by atoms with Crippen molar-refractivity contribution in [3.8, 4) is 12.3 Å². The molecular weight excluding hydrogens is 95.5 g/mol. The molecule has 0 aliphatic heterocycles. The van der Waals surface area contributed by atoms with E-state index in [9.17, 15) is 0 Å². The van der Waals surface area contributed by atoms with Gasteiger partial charge in [-0.1, -0.05) is 0 Å². The highest BCUT2D eigenvalue weighted by Gasteiger charge is 2.16. The molecule has 0 bridgehead atoms. The molecule has 1 heteroatoms. The SMILES string of the molecule is C#CC1CC1.Cl. The summed E-state index contributed by atoms with van der Waals surface area (Å²) in [6.45, 7) is 0. The molecule has 1 rings (SSSR count). The third kappa shape index (κ3) is 1.33. The predicted octanol–water partition coefficient (Wildman–Crippen LogP) is 1.45. The van der Waals surface area contributed by atoms with Gasteiger partial charge >= 0.3 is 0 Å². The average molecular weight is 103 g/mol. The summed E-state index contributed by atoms with van der Waals surface area (Å²) in [5, 5.41) is 0. The molecule has 0 radical (unpaired) electrons.